The van der Waals surface area contributed by atoms with Crippen LogP contribution in [0.2, 0.25) is 0 Å². The summed E-state index contributed by atoms with van der Waals surface area (Å²) in [5.74, 6) is -2.70. The van der Waals surface area contributed by atoms with Crippen LogP contribution in [0.4, 0.5) is 49.1 Å². The molecule has 3 amide bonds. The number of alkyl halides is 6. The largest absolute Gasteiger partial charge is 0.491 e. The number of anilines is 4. The number of amides is 3. The highest BCUT2D eigenvalue weighted by Gasteiger charge is 2.35. The van der Waals surface area contributed by atoms with Gasteiger partial charge in [0.15, 0.2) is 0 Å². The lowest BCUT2D eigenvalue weighted by molar-refractivity contribution is -0.138. The van der Waals surface area contributed by atoms with Gasteiger partial charge in [-0.15, -0.1) is 23.5 Å². The second-order valence-corrected chi connectivity index (χ2v) is 16.6. The summed E-state index contributed by atoms with van der Waals surface area (Å²) < 4.78 is 96.3. The van der Waals surface area contributed by atoms with Crippen molar-refractivity contribution in [1.29, 1.82) is 5.41 Å². The summed E-state index contributed by atoms with van der Waals surface area (Å²) >= 11 is 2.04. The summed E-state index contributed by atoms with van der Waals surface area (Å²) in [5, 5.41) is 19.0. The normalized spacial score (nSPS) is 10.9. The number of nitrogens with one attached hydrogen (secondary N) is 6. The lowest BCUT2D eigenvalue weighted by atomic mass is 10.1. The Morgan fingerprint density at radius 2 is 1.12 bits per heavy atom. The topological polar surface area (TPSA) is 365 Å². The molecule has 0 atom stereocenters. The molecule has 3 aromatic carbocycles. The van der Waals surface area contributed by atoms with Crippen molar-refractivity contribution in [2.45, 2.75) is 60.7 Å². The maximum atomic E-state index is 14.3. The van der Waals surface area contributed by atoms with Crippen LogP contribution in [-0.2, 0) is 21.9 Å². The smallest absolute Gasteiger partial charge is 0.416 e. The van der Waals surface area contributed by atoms with Gasteiger partial charge in [-0.25, -0.2) is 0 Å². The number of aliphatic imine (C=N–C) groups is 1. The highest BCUT2D eigenvalue weighted by molar-refractivity contribution is 7.99. The van der Waals surface area contributed by atoms with E-state index in [2.05, 4.69) is 43.0 Å². The van der Waals surface area contributed by atoms with Gasteiger partial charge in [-0.1, -0.05) is 0 Å². The number of hydrogen-bond acceptors (Lipinski definition) is 17. The first kappa shape index (κ1) is 67.1. The summed E-state index contributed by atoms with van der Waals surface area (Å²) in [6, 6.07) is 5.20. The number of rotatable bonds is 28. The molecular weight excluding hydrogens is 1010 g/mol. The van der Waals surface area contributed by atoms with Gasteiger partial charge < -0.3 is 81.0 Å². The van der Waals surface area contributed by atoms with E-state index in [1.807, 2.05) is 7.05 Å². The van der Waals surface area contributed by atoms with Gasteiger partial charge in [0.1, 0.15) is 31.0 Å². The Balaban J connectivity index is 0.00000354. The molecule has 0 radical (unpaired) electrons. The summed E-state index contributed by atoms with van der Waals surface area (Å²) in [4.78, 5) is 55.1. The Bertz CT molecular complexity index is 2180. The highest BCUT2D eigenvalue weighted by atomic mass is 32.2. The molecule has 0 unspecified atom stereocenters. The Morgan fingerprint density at radius 3 is 1.52 bits per heavy atom. The minimum absolute atomic E-state index is 0.0399. The molecule has 20 nitrogen and oxygen atoms in total. The number of nitrogens with two attached hydrogens (primary N) is 7. The molecule has 0 spiro atoms. The number of carbonyl (C=O) groups is 4. The number of unbranched alkanes of at least 4 members (excludes halogenated alkanes) is 3. The van der Waals surface area contributed by atoms with Crippen molar-refractivity contribution in [3.05, 3.63) is 58.7 Å². The van der Waals surface area contributed by atoms with Gasteiger partial charge in [-0.05, 0) is 76.7 Å². The molecule has 410 valence electrons. The third-order valence-corrected chi connectivity index (χ3v) is 11.3. The van der Waals surface area contributed by atoms with E-state index in [4.69, 9.17) is 43.6 Å². The average molecular weight is 1080 g/mol. The molecule has 0 aliphatic rings. The average Bonchev–Trinajstić information content (AvgIpc) is 3.35. The van der Waals surface area contributed by atoms with Crippen LogP contribution in [0.5, 0.6) is 11.5 Å². The first-order valence-electron chi connectivity index (χ1n) is 22.5. The van der Waals surface area contributed by atoms with E-state index in [1.54, 1.807) is 0 Å². The maximum absolute atomic E-state index is 14.3. The zero-order valence-electron chi connectivity index (χ0n) is 41.0. The quantitative estimate of drug-likeness (QED) is 0.0115. The molecule has 28 heteroatoms. The van der Waals surface area contributed by atoms with Crippen molar-refractivity contribution in [2.24, 2.45) is 45.1 Å². The Morgan fingerprint density at radius 1 is 0.671 bits per heavy atom. The standard InChI is InChI=1S/C37H48F6N10O5S2.C6H13NO.CH4N2.CH5N/c1-49-25-14-21(36(38,39)40)16-27(32(25)59-12-7-46)52-34(55)23-18-24(30(58-11-6-45)19-29(23)57-10-5-44)35(56)53-28-17-22(37(41,42)43)15-26(33(28)60-13-8-47)51-31(54)4-2-3-9-50-20-48;1-7-5-3-2-4-6-8;2-1-3;1-2/h14-20,49H,2-13,44-47H2,1H3,(H2,48,50)(H,51,54)(H,52,55)(H,53,56);6-7H,2-5H2,1H3;1H,(H3,2,3);2H2,1H3. The van der Waals surface area contributed by atoms with Crippen molar-refractivity contribution < 1.29 is 55.0 Å². The van der Waals surface area contributed by atoms with Gasteiger partial charge in [-0.2, -0.15) is 26.3 Å². The van der Waals surface area contributed by atoms with Gasteiger partial charge in [0.25, 0.3) is 11.8 Å². The summed E-state index contributed by atoms with van der Waals surface area (Å²) in [6.07, 6.45) is -3.30. The van der Waals surface area contributed by atoms with E-state index in [9.17, 15) is 45.5 Å². The molecule has 3 rings (SSSR count). The van der Waals surface area contributed by atoms with Crippen LogP contribution in [0.3, 0.4) is 0 Å². The summed E-state index contributed by atoms with van der Waals surface area (Å²) in [5.41, 5.74) is 32.9. The molecule has 0 saturated heterocycles. The SMILES string of the molecule is CN.CNCCCCC=O.CNc1cc(C(F)(F)F)cc(NC(=O)c2cc(C(=O)Nc3cc(C(F)(F)F)cc(NC(=O)CCCCN=CN)c3SCCN)c(OCCN)cc2OCCN)c1SCCN.N=CN. The molecular formula is C45H70F6N14O6S2. The second-order valence-electron chi connectivity index (χ2n) is 14.3. The van der Waals surface area contributed by atoms with Gasteiger partial charge in [0.05, 0.1) is 67.5 Å². The minimum Gasteiger partial charge on any atom is -0.491 e. The van der Waals surface area contributed by atoms with E-state index in [0.717, 1.165) is 92.2 Å². The fourth-order valence-electron chi connectivity index (χ4n) is 5.86. The molecule has 0 aromatic heterocycles. The van der Waals surface area contributed by atoms with Crippen LogP contribution >= 0.6 is 23.5 Å². The fourth-order valence-corrected chi connectivity index (χ4v) is 7.62. The molecule has 0 heterocycles. The molecule has 3 aromatic rings. The molecule has 73 heavy (non-hydrogen) atoms. The van der Waals surface area contributed by atoms with Crippen LogP contribution in [-0.4, -0.2) is 122 Å². The predicted octanol–water partition coefficient (Wildman–Crippen LogP) is 4.84. The minimum atomic E-state index is -4.93. The van der Waals surface area contributed by atoms with Crippen molar-refractivity contribution >= 4 is 83.0 Å². The van der Waals surface area contributed by atoms with Crippen LogP contribution in [0.25, 0.3) is 0 Å². The zero-order valence-corrected chi connectivity index (χ0v) is 42.7. The van der Waals surface area contributed by atoms with E-state index in [0.29, 0.717) is 31.9 Å². The fraction of sp³-hybridized carbons (Fsp3) is 0.467. The molecule has 0 saturated carbocycles. The molecule has 0 bridgehead atoms. The number of halogens is 6. The van der Waals surface area contributed by atoms with Crippen molar-refractivity contribution in [1.82, 2.24) is 5.32 Å². The monoisotopic (exact) mass is 1080 g/mol. The van der Waals surface area contributed by atoms with Gasteiger partial charge in [-0.3, -0.25) is 24.8 Å². The van der Waals surface area contributed by atoms with E-state index >= 15 is 0 Å². The van der Waals surface area contributed by atoms with Crippen LogP contribution < -0.4 is 76.2 Å². The second kappa shape index (κ2) is 37.8. The third kappa shape index (κ3) is 25.1. The Kier molecular flexibility index (Phi) is 34.8. The van der Waals surface area contributed by atoms with Crippen molar-refractivity contribution in [3.8, 4) is 11.5 Å². The number of thioether (sulfide) groups is 2. The molecule has 0 fully saturated rings. The third-order valence-electron chi connectivity index (χ3n) is 8.97. The maximum Gasteiger partial charge on any atom is 0.416 e. The number of carbonyl (C=O) groups excluding carboxylic acids is 4. The number of benzene rings is 3. The van der Waals surface area contributed by atoms with Crippen LogP contribution in [0, 0.1) is 5.41 Å². The number of ether oxygens (including phenoxy) is 2. The van der Waals surface area contributed by atoms with Gasteiger partial charge >= 0.3 is 12.4 Å². The zero-order chi connectivity index (χ0) is 55.4. The van der Waals surface area contributed by atoms with E-state index in [-0.39, 0.29) is 107 Å². The van der Waals surface area contributed by atoms with Gasteiger partial charge in [0.2, 0.25) is 5.91 Å². The Labute approximate surface area is 429 Å². The number of hydrogen-bond donors (Lipinski definition) is 13. The number of nitrogens with zero attached hydrogens (tertiary/aromatic N) is 1. The predicted molar refractivity (Wildman–Crippen MR) is 280 cm³/mol. The van der Waals surface area contributed by atoms with Gasteiger partial charge in [0, 0.05) is 70.2 Å². The van der Waals surface area contributed by atoms with Crippen LogP contribution in [0.15, 0.2) is 51.2 Å². The van der Waals surface area contributed by atoms with Crippen LogP contribution in [0.1, 0.15) is 70.4 Å². The molecule has 20 N–H and O–H groups in total. The van der Waals surface area contributed by atoms with E-state index in [1.165, 1.54) is 14.1 Å². The number of aldehydes is 1. The first-order valence-corrected chi connectivity index (χ1v) is 24.5. The molecule has 0 aliphatic carbocycles. The lowest BCUT2D eigenvalue weighted by Crippen LogP contribution is -2.22. The summed E-state index contributed by atoms with van der Waals surface area (Å²) in [6.45, 7) is 1.17. The Hall–Kier alpha value is -5.88. The van der Waals surface area contributed by atoms with Crippen molar-refractivity contribution in [2.75, 3.05) is 106 Å². The first-order chi connectivity index (χ1) is 34.8. The van der Waals surface area contributed by atoms with E-state index < -0.39 is 46.8 Å². The van der Waals surface area contributed by atoms with Crippen molar-refractivity contribution in [3.63, 3.8) is 0 Å². The summed E-state index contributed by atoms with van der Waals surface area (Å²) in [7, 11) is 4.82. The molecule has 0 aliphatic heterocycles. The lowest BCUT2D eigenvalue weighted by Gasteiger charge is -2.21. The highest BCUT2D eigenvalue weighted by Crippen LogP contribution is 2.43.